The Morgan fingerprint density at radius 2 is 0.509 bits per heavy atom. The van der Waals surface area contributed by atoms with Crippen molar-refractivity contribution in [1.29, 1.82) is 0 Å². The summed E-state index contributed by atoms with van der Waals surface area (Å²) in [4.78, 5) is 8.82. The average Bonchev–Trinajstić information content (AvgIpc) is 4.05. The van der Waals surface area contributed by atoms with E-state index in [0.29, 0.717) is 0 Å². The summed E-state index contributed by atoms with van der Waals surface area (Å²) in [7, 11) is 8.38. The fraction of sp³-hybridized carbons (Fsp3) is 0.250. The van der Waals surface area contributed by atoms with Gasteiger partial charge in [0, 0.05) is 77.4 Å². The monoisotopic (exact) mass is 800 g/mol. The van der Waals surface area contributed by atoms with Crippen LogP contribution in [0.15, 0.2) is 146 Å². The van der Waals surface area contributed by atoms with Gasteiger partial charge in [0.25, 0.3) is 0 Å². The first kappa shape index (κ1) is 41.2. The molecule has 0 spiro atoms. The predicted molar refractivity (Wildman–Crippen MR) is 236 cm³/mol. The Morgan fingerprint density at radius 3 is 0.702 bits per heavy atom. The summed E-state index contributed by atoms with van der Waals surface area (Å²) >= 11 is 0. The summed E-state index contributed by atoms with van der Waals surface area (Å²) in [6, 6.07) is 50.0. The summed E-state index contributed by atoms with van der Waals surface area (Å²) in [6.07, 6.45) is 5.11. The third kappa shape index (κ3) is 9.75. The van der Waals surface area contributed by atoms with Crippen LogP contribution in [0.2, 0.25) is 0 Å². The van der Waals surface area contributed by atoms with Crippen molar-refractivity contribution in [3.05, 3.63) is 156 Å². The second kappa shape index (κ2) is 20.1. The third-order valence-electron chi connectivity index (χ3n) is 10.3. The zero-order valence-corrected chi connectivity index (χ0v) is 34.5. The van der Waals surface area contributed by atoms with E-state index >= 15 is 0 Å². The average molecular weight is 801 g/mol. The van der Waals surface area contributed by atoms with Crippen LogP contribution in [0.25, 0.3) is 10.6 Å². The Hall–Kier alpha value is -5.44. The fourth-order valence-electron chi connectivity index (χ4n) is 7.23. The Morgan fingerprint density at radius 1 is 0.316 bits per heavy atom. The molecule has 0 unspecified atom stereocenters. The van der Waals surface area contributed by atoms with E-state index in [9.17, 15) is 0 Å². The number of benzene rings is 6. The Bertz CT molecular complexity index is 1880. The second-order valence-electron chi connectivity index (χ2n) is 14.0. The van der Waals surface area contributed by atoms with Crippen LogP contribution in [0.1, 0.15) is 25.7 Å². The summed E-state index contributed by atoms with van der Waals surface area (Å²) in [5, 5.41) is 9.85. The largest absolute Gasteiger partial charge is 2.00 e. The first-order chi connectivity index (χ1) is 27.5. The minimum Gasteiger partial charge on any atom is -0.654 e. The molecule has 0 N–H and O–H groups in total. The first-order valence-electron chi connectivity index (χ1n) is 19.6. The van der Waals surface area contributed by atoms with Gasteiger partial charge in [0.05, 0.1) is 22.7 Å². The zero-order chi connectivity index (χ0) is 38.7. The predicted octanol–water partition coefficient (Wildman–Crippen LogP) is 13.3. The molecule has 0 radical (unpaired) electrons. The maximum Gasteiger partial charge on any atom is 2.00 e. The van der Waals surface area contributed by atoms with Crippen LogP contribution >= 0.6 is 0 Å². The van der Waals surface area contributed by atoms with Gasteiger partial charge in [-0.3, -0.25) is 0 Å². The molecule has 8 nitrogen and oxygen atoms in total. The van der Waals surface area contributed by atoms with Gasteiger partial charge in [-0.05, 0) is 74.2 Å². The fourth-order valence-corrected chi connectivity index (χ4v) is 7.23. The molecule has 10 rings (SSSR count). The molecular formula is C48H52FeN6O2. The number of nitrogens with zero attached hydrogens (tertiary/aromatic N) is 6. The summed E-state index contributed by atoms with van der Waals surface area (Å²) in [6.45, 7) is 4.00. The van der Waals surface area contributed by atoms with Crippen LogP contribution in [-0.2, 0) is 26.5 Å². The van der Waals surface area contributed by atoms with Gasteiger partial charge in [-0.25, -0.2) is 0 Å². The van der Waals surface area contributed by atoms with Crippen molar-refractivity contribution < 1.29 is 26.5 Å². The molecule has 4 heterocycles. The number of rotatable bonds is 0. The van der Waals surface area contributed by atoms with Gasteiger partial charge in [-0.15, -0.1) is 22.7 Å². The number of anilines is 8. The Labute approximate surface area is 349 Å². The molecule has 294 valence electrons. The molecule has 0 amide bonds. The van der Waals surface area contributed by atoms with E-state index in [1.54, 1.807) is 0 Å². The molecule has 57 heavy (non-hydrogen) atoms. The van der Waals surface area contributed by atoms with Crippen LogP contribution in [-0.4, -0.2) is 54.6 Å². The van der Waals surface area contributed by atoms with Crippen LogP contribution in [0.5, 0.6) is 0 Å². The number of ether oxygens (including phenoxy) is 2. The zero-order valence-electron chi connectivity index (χ0n) is 33.4. The Balaban J connectivity index is 0.000000152. The van der Waals surface area contributed by atoms with Gasteiger partial charge in [0.2, 0.25) is 0 Å². The van der Waals surface area contributed by atoms with Gasteiger partial charge in [-0.1, -0.05) is 97.1 Å². The molecule has 0 saturated carbocycles. The van der Waals surface area contributed by atoms with E-state index in [-0.39, 0.29) is 17.1 Å². The number of fused-ring (bicyclic) bond motifs is 6. The van der Waals surface area contributed by atoms with Gasteiger partial charge in [0.15, 0.2) is 0 Å². The van der Waals surface area contributed by atoms with E-state index in [0.717, 1.165) is 94.7 Å². The molecule has 0 aromatic heterocycles. The van der Waals surface area contributed by atoms with Gasteiger partial charge >= 0.3 is 17.1 Å². The van der Waals surface area contributed by atoms with Gasteiger partial charge in [-0.2, -0.15) is 0 Å². The SMILES string of the molecule is C1CCOC1.C1CCOC1.CN1c2ccccc2[N-]c2ccccc2N(C)c2ccccc21.CN1c2ccccc2[N-]c2ccccc2N(C)c2ccccc21.[Fe+2]. The minimum absolute atomic E-state index is 0. The molecule has 0 bridgehead atoms. The maximum absolute atomic E-state index is 4.94. The van der Waals surface area contributed by atoms with Crippen molar-refractivity contribution in [2.75, 3.05) is 74.2 Å². The quantitative estimate of drug-likeness (QED) is 0.143. The normalized spacial score (nSPS) is 14.7. The van der Waals surface area contributed by atoms with Gasteiger partial charge in [0.1, 0.15) is 0 Å². The van der Waals surface area contributed by atoms with Crippen molar-refractivity contribution >= 4 is 68.2 Å². The van der Waals surface area contributed by atoms with Crippen LogP contribution in [0.4, 0.5) is 68.2 Å². The maximum atomic E-state index is 4.94. The van der Waals surface area contributed by atoms with E-state index in [4.69, 9.17) is 20.1 Å². The number of hydrogen-bond donors (Lipinski definition) is 0. The molecule has 2 saturated heterocycles. The molecule has 4 aliphatic rings. The van der Waals surface area contributed by atoms with E-state index in [1.807, 2.05) is 24.3 Å². The van der Waals surface area contributed by atoms with Crippen molar-refractivity contribution in [2.24, 2.45) is 0 Å². The van der Waals surface area contributed by atoms with Crippen LogP contribution < -0.4 is 19.6 Å². The molecule has 9 heteroatoms. The van der Waals surface area contributed by atoms with Crippen LogP contribution in [0, 0.1) is 0 Å². The molecular weight excluding hydrogens is 748 g/mol. The number of hydrogen-bond acceptors (Lipinski definition) is 6. The molecule has 6 aromatic carbocycles. The molecule has 4 aliphatic heterocycles. The minimum atomic E-state index is 0. The smallest absolute Gasteiger partial charge is 0.654 e. The second-order valence-corrected chi connectivity index (χ2v) is 14.0. The van der Waals surface area contributed by atoms with E-state index in [1.165, 1.54) is 25.7 Å². The standard InChI is InChI=1S/2C20H18N3.2C4H8O.Fe/c2*1-22-17-11-5-3-9-15(17)21-16-10-4-6-12-18(16)23(2)20-14-8-7-13-19(20)22;2*1-2-4-5-3-1;/h2*3-14H,1-2H3;2*1-4H2;/q2*-1;;;+2. The molecule has 0 aliphatic carbocycles. The van der Waals surface area contributed by atoms with Gasteiger partial charge < -0.3 is 39.7 Å². The Kier molecular flexibility index (Phi) is 14.5. The first-order valence-corrected chi connectivity index (χ1v) is 19.6. The van der Waals surface area contributed by atoms with E-state index in [2.05, 4.69) is 169 Å². The molecule has 2 fully saturated rings. The molecule has 0 atom stereocenters. The summed E-state index contributed by atoms with van der Waals surface area (Å²) < 4.78 is 9.89. The summed E-state index contributed by atoms with van der Waals surface area (Å²) in [5.74, 6) is 0. The molecule has 6 aromatic rings. The third-order valence-corrected chi connectivity index (χ3v) is 10.3. The van der Waals surface area contributed by atoms with Crippen LogP contribution in [0.3, 0.4) is 0 Å². The number of para-hydroxylation sites is 12. The van der Waals surface area contributed by atoms with Crippen molar-refractivity contribution in [3.8, 4) is 0 Å². The van der Waals surface area contributed by atoms with Crippen molar-refractivity contribution in [3.63, 3.8) is 0 Å². The van der Waals surface area contributed by atoms with Crippen molar-refractivity contribution in [1.82, 2.24) is 0 Å². The summed E-state index contributed by atoms with van der Waals surface area (Å²) in [5.41, 5.74) is 13.0. The van der Waals surface area contributed by atoms with Crippen molar-refractivity contribution in [2.45, 2.75) is 25.7 Å². The van der Waals surface area contributed by atoms with E-state index < -0.39 is 0 Å². The topological polar surface area (TPSA) is 59.6 Å².